The number of hydrogen-bond acceptors (Lipinski definition) is 1. The summed E-state index contributed by atoms with van der Waals surface area (Å²) < 4.78 is 37.5. The van der Waals surface area contributed by atoms with Crippen molar-refractivity contribution in [2.45, 2.75) is 6.18 Å². The average molecular weight is 280 g/mol. The SMILES string of the molecule is NC(N)=NC(N)=Nc1cc(Cl)cc(C(F)(F)F)c1. The van der Waals surface area contributed by atoms with Gasteiger partial charge in [-0.2, -0.15) is 18.2 Å². The zero-order chi connectivity index (χ0) is 13.9. The molecule has 0 aliphatic heterocycles. The van der Waals surface area contributed by atoms with Gasteiger partial charge in [0, 0.05) is 5.02 Å². The van der Waals surface area contributed by atoms with E-state index in [1.165, 1.54) is 6.07 Å². The number of rotatable bonds is 1. The van der Waals surface area contributed by atoms with Crippen LogP contribution in [0.3, 0.4) is 0 Å². The molecule has 0 unspecified atom stereocenters. The lowest BCUT2D eigenvalue weighted by molar-refractivity contribution is -0.137. The van der Waals surface area contributed by atoms with Crippen LogP contribution in [0.15, 0.2) is 28.2 Å². The van der Waals surface area contributed by atoms with E-state index in [9.17, 15) is 13.2 Å². The van der Waals surface area contributed by atoms with E-state index >= 15 is 0 Å². The molecule has 0 heterocycles. The van der Waals surface area contributed by atoms with Gasteiger partial charge in [-0.3, -0.25) is 0 Å². The van der Waals surface area contributed by atoms with Crippen LogP contribution in [0.5, 0.6) is 0 Å². The minimum atomic E-state index is -4.53. The minimum Gasteiger partial charge on any atom is -0.370 e. The molecule has 1 rings (SSSR count). The second-order valence-corrected chi connectivity index (χ2v) is 3.64. The Morgan fingerprint density at radius 2 is 1.72 bits per heavy atom. The third-order valence-electron chi connectivity index (χ3n) is 1.70. The number of alkyl halides is 3. The summed E-state index contributed by atoms with van der Waals surface area (Å²) in [6, 6.07) is 2.75. The topological polar surface area (TPSA) is 103 Å². The lowest BCUT2D eigenvalue weighted by Gasteiger charge is -2.07. The molecule has 6 N–H and O–H groups in total. The minimum absolute atomic E-state index is 0.0997. The summed E-state index contributed by atoms with van der Waals surface area (Å²) >= 11 is 5.55. The Labute approximate surface area is 105 Å². The molecule has 1 aromatic carbocycles. The van der Waals surface area contributed by atoms with Gasteiger partial charge in [0.2, 0.25) is 5.96 Å². The molecule has 0 fully saturated rings. The van der Waals surface area contributed by atoms with Crippen molar-refractivity contribution in [3.05, 3.63) is 28.8 Å². The first-order valence-corrected chi connectivity index (χ1v) is 4.88. The number of nitrogens with two attached hydrogens (primary N) is 3. The zero-order valence-corrected chi connectivity index (χ0v) is 9.63. The molecular weight excluding hydrogens is 271 g/mol. The Bertz CT molecular complexity index is 505. The third-order valence-corrected chi connectivity index (χ3v) is 1.92. The molecule has 0 amide bonds. The van der Waals surface area contributed by atoms with Crippen LogP contribution in [0.1, 0.15) is 5.56 Å². The molecule has 0 radical (unpaired) electrons. The van der Waals surface area contributed by atoms with Crippen LogP contribution < -0.4 is 17.2 Å². The third kappa shape index (κ3) is 4.13. The standard InChI is InChI=1S/C9H9ClF3N5/c10-5-1-4(9(11,12)13)2-6(3-5)17-8(16)18-7(14)15/h1-3H,(H6,14,15,16,17,18). The fourth-order valence-corrected chi connectivity index (χ4v) is 1.32. The maximum atomic E-state index is 12.5. The van der Waals surface area contributed by atoms with Gasteiger partial charge in [-0.25, -0.2) is 4.99 Å². The quantitative estimate of drug-likeness (QED) is 0.537. The van der Waals surface area contributed by atoms with Crippen molar-refractivity contribution in [2.24, 2.45) is 27.2 Å². The van der Waals surface area contributed by atoms with E-state index in [2.05, 4.69) is 9.98 Å². The summed E-state index contributed by atoms with van der Waals surface area (Å²) in [5, 5.41) is -0.124. The van der Waals surface area contributed by atoms with Crippen LogP contribution >= 0.6 is 11.6 Å². The predicted octanol–water partition coefficient (Wildman–Crippen LogP) is 1.58. The number of benzene rings is 1. The van der Waals surface area contributed by atoms with Gasteiger partial charge in [0.15, 0.2) is 5.96 Å². The molecule has 9 heteroatoms. The Morgan fingerprint density at radius 1 is 1.11 bits per heavy atom. The summed E-state index contributed by atoms with van der Waals surface area (Å²) in [7, 11) is 0. The van der Waals surface area contributed by atoms with Crippen molar-refractivity contribution in [2.75, 3.05) is 0 Å². The van der Waals surface area contributed by atoms with Gasteiger partial charge in [0.25, 0.3) is 0 Å². The maximum Gasteiger partial charge on any atom is 0.416 e. The summed E-state index contributed by atoms with van der Waals surface area (Å²) in [6.45, 7) is 0. The molecule has 5 nitrogen and oxygen atoms in total. The highest BCUT2D eigenvalue weighted by Gasteiger charge is 2.31. The maximum absolute atomic E-state index is 12.5. The first kappa shape index (κ1) is 14.1. The fourth-order valence-electron chi connectivity index (χ4n) is 1.09. The smallest absolute Gasteiger partial charge is 0.370 e. The van der Waals surface area contributed by atoms with Crippen molar-refractivity contribution < 1.29 is 13.2 Å². The highest BCUT2D eigenvalue weighted by atomic mass is 35.5. The molecule has 0 bridgehead atoms. The van der Waals surface area contributed by atoms with E-state index in [0.29, 0.717) is 0 Å². The first-order valence-electron chi connectivity index (χ1n) is 4.50. The van der Waals surface area contributed by atoms with Crippen LogP contribution in [0.25, 0.3) is 0 Å². The van der Waals surface area contributed by atoms with E-state index in [1.54, 1.807) is 0 Å². The number of guanidine groups is 2. The van der Waals surface area contributed by atoms with Crippen LogP contribution in [0.4, 0.5) is 18.9 Å². The molecule has 0 atom stereocenters. The van der Waals surface area contributed by atoms with Gasteiger partial charge in [-0.15, -0.1) is 0 Å². The van der Waals surface area contributed by atoms with Crippen molar-refractivity contribution in [3.8, 4) is 0 Å². The number of hydrogen-bond donors (Lipinski definition) is 3. The molecule has 0 aliphatic rings. The second kappa shape index (κ2) is 5.13. The molecule has 0 saturated carbocycles. The van der Waals surface area contributed by atoms with E-state index < -0.39 is 11.7 Å². The molecular formula is C9H9ClF3N5. The number of aliphatic imine (C=N–C) groups is 2. The predicted molar refractivity (Wildman–Crippen MR) is 63.5 cm³/mol. The highest BCUT2D eigenvalue weighted by Crippen LogP contribution is 2.34. The van der Waals surface area contributed by atoms with Gasteiger partial charge in [-0.05, 0) is 18.2 Å². The summed E-state index contributed by atoms with van der Waals surface area (Å²) in [4.78, 5) is 6.97. The lowest BCUT2D eigenvalue weighted by Crippen LogP contribution is -2.26. The average Bonchev–Trinajstić information content (AvgIpc) is 2.13. The van der Waals surface area contributed by atoms with Gasteiger partial charge in [0.1, 0.15) is 0 Å². The first-order chi connectivity index (χ1) is 8.18. The Balaban J connectivity index is 3.19. The van der Waals surface area contributed by atoms with Gasteiger partial charge < -0.3 is 17.2 Å². The summed E-state index contributed by atoms with van der Waals surface area (Å²) in [6.07, 6.45) is -4.53. The molecule has 98 valence electrons. The van der Waals surface area contributed by atoms with E-state index in [1.807, 2.05) is 0 Å². The number of halogens is 4. The van der Waals surface area contributed by atoms with E-state index in [-0.39, 0.29) is 22.6 Å². The monoisotopic (exact) mass is 279 g/mol. The Kier molecular flexibility index (Phi) is 4.02. The van der Waals surface area contributed by atoms with Crippen LogP contribution in [0.2, 0.25) is 5.02 Å². The summed E-state index contributed by atoms with van der Waals surface area (Å²) in [5.41, 5.74) is 14.3. The van der Waals surface area contributed by atoms with Crippen molar-refractivity contribution in [3.63, 3.8) is 0 Å². The van der Waals surface area contributed by atoms with E-state index in [4.69, 9.17) is 28.8 Å². The van der Waals surface area contributed by atoms with Crippen molar-refractivity contribution in [1.29, 1.82) is 0 Å². The van der Waals surface area contributed by atoms with Gasteiger partial charge in [-0.1, -0.05) is 11.6 Å². The van der Waals surface area contributed by atoms with Crippen LogP contribution in [0, 0.1) is 0 Å². The molecule has 0 saturated heterocycles. The largest absolute Gasteiger partial charge is 0.416 e. The Morgan fingerprint density at radius 3 is 2.22 bits per heavy atom. The molecule has 0 spiro atoms. The fraction of sp³-hybridized carbons (Fsp3) is 0.111. The number of nitrogens with zero attached hydrogens (tertiary/aromatic N) is 2. The van der Waals surface area contributed by atoms with Crippen molar-refractivity contribution in [1.82, 2.24) is 0 Å². The summed E-state index contributed by atoms with van der Waals surface area (Å²) in [5.74, 6) is -0.722. The lowest BCUT2D eigenvalue weighted by atomic mass is 10.2. The molecule has 1 aromatic rings. The van der Waals surface area contributed by atoms with E-state index in [0.717, 1.165) is 12.1 Å². The second-order valence-electron chi connectivity index (χ2n) is 3.20. The van der Waals surface area contributed by atoms with Gasteiger partial charge >= 0.3 is 6.18 Å². The highest BCUT2D eigenvalue weighted by molar-refractivity contribution is 6.30. The molecule has 0 aromatic heterocycles. The molecule has 0 aliphatic carbocycles. The van der Waals surface area contributed by atoms with Crippen molar-refractivity contribution >= 4 is 29.2 Å². The van der Waals surface area contributed by atoms with Gasteiger partial charge in [0.05, 0.1) is 11.3 Å². The zero-order valence-electron chi connectivity index (χ0n) is 8.87. The molecule has 18 heavy (non-hydrogen) atoms. The van der Waals surface area contributed by atoms with Crippen LogP contribution in [-0.4, -0.2) is 11.9 Å². The Hall–Kier alpha value is -1.96. The normalized spacial score (nSPS) is 12.3. The van der Waals surface area contributed by atoms with Crippen LogP contribution in [-0.2, 0) is 6.18 Å².